The van der Waals surface area contributed by atoms with Crippen molar-refractivity contribution in [2.24, 2.45) is 5.10 Å². The van der Waals surface area contributed by atoms with E-state index >= 15 is 0 Å². The smallest absolute Gasteiger partial charge is 0.373 e. The first-order valence-corrected chi connectivity index (χ1v) is 9.16. The van der Waals surface area contributed by atoms with Gasteiger partial charge in [-0.3, -0.25) is 5.43 Å². The lowest BCUT2D eigenvalue weighted by Gasteiger charge is -2.10. The van der Waals surface area contributed by atoms with Gasteiger partial charge in [0.15, 0.2) is 11.5 Å². The second-order valence-electron chi connectivity index (χ2n) is 5.62. The molecule has 3 aromatic rings. The Morgan fingerprint density at radius 3 is 2.86 bits per heavy atom. The van der Waals surface area contributed by atoms with Crippen LogP contribution in [0, 0.1) is 6.92 Å². The molecule has 0 amide bonds. The largest absolute Gasteiger partial charge is 0.493 e. The zero-order valence-electron chi connectivity index (χ0n) is 15.6. The summed E-state index contributed by atoms with van der Waals surface area (Å²) >= 11 is 1.49. The molecule has 0 radical (unpaired) electrons. The summed E-state index contributed by atoms with van der Waals surface area (Å²) in [6, 6.07) is 8.62. The van der Waals surface area contributed by atoms with Gasteiger partial charge in [0.2, 0.25) is 10.9 Å². The molecule has 0 aliphatic carbocycles. The summed E-state index contributed by atoms with van der Waals surface area (Å²) in [5, 5.41) is 6.84. The second-order valence-corrected chi connectivity index (χ2v) is 6.48. The molecule has 0 unspecified atom stereocenters. The van der Waals surface area contributed by atoms with Gasteiger partial charge in [0.1, 0.15) is 12.4 Å². The van der Waals surface area contributed by atoms with Crippen LogP contribution >= 0.6 is 11.3 Å². The predicted octanol–water partition coefficient (Wildman–Crippen LogP) is 3.86. The van der Waals surface area contributed by atoms with Crippen LogP contribution < -0.4 is 14.9 Å². The van der Waals surface area contributed by atoms with Crippen molar-refractivity contribution in [3.05, 3.63) is 58.5 Å². The van der Waals surface area contributed by atoms with E-state index in [1.54, 1.807) is 31.5 Å². The Hall–Kier alpha value is -3.33. The molecule has 146 valence electrons. The summed E-state index contributed by atoms with van der Waals surface area (Å²) in [4.78, 5) is 15.7. The van der Waals surface area contributed by atoms with E-state index in [0.717, 1.165) is 16.4 Å². The molecule has 1 N–H and O–H groups in total. The Labute approximate surface area is 165 Å². The monoisotopic (exact) mass is 401 g/mol. The highest BCUT2D eigenvalue weighted by Gasteiger charge is 2.12. The highest BCUT2D eigenvalue weighted by atomic mass is 32.1. The first kappa shape index (κ1) is 19.4. The quantitative estimate of drug-likeness (QED) is 0.348. The van der Waals surface area contributed by atoms with Crippen molar-refractivity contribution in [2.75, 3.05) is 19.6 Å². The van der Waals surface area contributed by atoms with Crippen molar-refractivity contribution >= 4 is 28.7 Å². The number of methoxy groups -OCH3 is 2. The van der Waals surface area contributed by atoms with Gasteiger partial charge >= 0.3 is 5.97 Å². The third-order valence-corrected chi connectivity index (χ3v) is 4.46. The fourth-order valence-corrected chi connectivity index (χ4v) is 2.90. The molecule has 0 saturated heterocycles. The summed E-state index contributed by atoms with van der Waals surface area (Å²) in [6.45, 7) is 2.07. The Morgan fingerprint density at radius 1 is 1.29 bits per heavy atom. The molecule has 0 aliphatic heterocycles. The van der Waals surface area contributed by atoms with E-state index in [1.165, 1.54) is 24.5 Å². The zero-order valence-corrected chi connectivity index (χ0v) is 16.4. The van der Waals surface area contributed by atoms with Gasteiger partial charge in [-0.15, -0.1) is 11.3 Å². The third kappa shape index (κ3) is 4.89. The minimum absolute atomic E-state index is 0.127. The van der Waals surface area contributed by atoms with Crippen LogP contribution in [-0.2, 0) is 11.3 Å². The van der Waals surface area contributed by atoms with Crippen LogP contribution in [0.4, 0.5) is 5.13 Å². The summed E-state index contributed by atoms with van der Waals surface area (Å²) in [6.07, 6.45) is 1.66. The fraction of sp³-hybridized carbons (Fsp3) is 0.211. The van der Waals surface area contributed by atoms with Crippen LogP contribution in [0.1, 0.15) is 27.6 Å². The molecule has 2 aromatic heterocycles. The molecule has 0 bridgehead atoms. The Balaban J connectivity index is 1.62. The van der Waals surface area contributed by atoms with Gasteiger partial charge in [0.25, 0.3) is 0 Å². The van der Waals surface area contributed by atoms with Crippen LogP contribution in [0.3, 0.4) is 0 Å². The van der Waals surface area contributed by atoms with Crippen molar-refractivity contribution in [1.29, 1.82) is 0 Å². The minimum atomic E-state index is -0.533. The molecule has 3 rings (SSSR count). The lowest BCUT2D eigenvalue weighted by Crippen LogP contribution is -1.99. The Kier molecular flexibility index (Phi) is 6.28. The average molecular weight is 401 g/mol. The molecule has 0 spiro atoms. The lowest BCUT2D eigenvalue weighted by molar-refractivity contribution is 0.0561. The minimum Gasteiger partial charge on any atom is -0.493 e. The number of nitrogens with zero attached hydrogens (tertiary/aromatic N) is 2. The maximum Gasteiger partial charge on any atom is 0.373 e. The molecule has 2 heterocycles. The first-order chi connectivity index (χ1) is 13.6. The van der Waals surface area contributed by atoms with Crippen molar-refractivity contribution in [3.63, 3.8) is 0 Å². The molecule has 0 atom stereocenters. The number of thiazole rings is 1. The van der Waals surface area contributed by atoms with Crippen molar-refractivity contribution < 1.29 is 23.4 Å². The molecule has 0 saturated carbocycles. The number of carbonyl (C=O) groups excluding carboxylic acids is 1. The van der Waals surface area contributed by atoms with Crippen LogP contribution in [-0.4, -0.2) is 31.4 Å². The van der Waals surface area contributed by atoms with Crippen LogP contribution in [0.5, 0.6) is 11.5 Å². The maximum atomic E-state index is 11.4. The highest BCUT2D eigenvalue weighted by molar-refractivity contribution is 7.13. The second kappa shape index (κ2) is 9.05. The van der Waals surface area contributed by atoms with Crippen LogP contribution in [0.25, 0.3) is 0 Å². The summed E-state index contributed by atoms with van der Waals surface area (Å²) in [5.41, 5.74) is 4.66. The zero-order chi connectivity index (χ0) is 19.9. The number of aromatic nitrogens is 1. The van der Waals surface area contributed by atoms with Crippen molar-refractivity contribution in [3.8, 4) is 11.5 Å². The number of anilines is 1. The van der Waals surface area contributed by atoms with E-state index in [0.29, 0.717) is 17.3 Å². The number of rotatable bonds is 8. The number of aryl methyl sites for hydroxylation is 1. The number of hydrazone groups is 1. The van der Waals surface area contributed by atoms with Gasteiger partial charge in [-0.05, 0) is 42.8 Å². The van der Waals surface area contributed by atoms with E-state index in [2.05, 4.69) is 20.2 Å². The molecule has 1 aromatic carbocycles. The molecule has 9 heteroatoms. The number of ether oxygens (including phenoxy) is 3. The SMILES string of the molecule is COC(=O)c1ccc(COc2ccc(C=NNc3nc(C)cs3)cc2OC)o1. The van der Waals surface area contributed by atoms with Gasteiger partial charge < -0.3 is 18.6 Å². The standard InChI is InChI=1S/C19H19N3O5S/c1-12-11-28-19(21-12)22-20-9-13-4-6-15(17(8-13)24-2)26-10-14-5-7-16(27-14)18(23)25-3/h4-9,11H,10H2,1-3H3,(H,21,22). The topological polar surface area (TPSA) is 95.2 Å². The Bertz CT molecular complexity index is 980. The number of esters is 1. The van der Waals surface area contributed by atoms with Gasteiger partial charge in [0.05, 0.1) is 26.1 Å². The van der Waals surface area contributed by atoms with Crippen LogP contribution in [0.15, 0.2) is 45.2 Å². The van der Waals surface area contributed by atoms with E-state index in [9.17, 15) is 4.79 Å². The molecule has 0 fully saturated rings. The fourth-order valence-electron chi connectivity index (χ4n) is 2.27. The number of benzene rings is 1. The number of hydrogen-bond donors (Lipinski definition) is 1. The highest BCUT2D eigenvalue weighted by Crippen LogP contribution is 2.28. The van der Waals surface area contributed by atoms with Gasteiger partial charge in [-0.2, -0.15) is 5.10 Å². The van der Waals surface area contributed by atoms with E-state index in [4.69, 9.17) is 13.9 Å². The van der Waals surface area contributed by atoms with Gasteiger partial charge in [0, 0.05) is 5.38 Å². The van der Waals surface area contributed by atoms with E-state index in [1.807, 2.05) is 18.4 Å². The molecule has 8 nitrogen and oxygen atoms in total. The number of hydrogen-bond acceptors (Lipinski definition) is 9. The number of carbonyl (C=O) groups is 1. The van der Waals surface area contributed by atoms with Crippen molar-refractivity contribution in [1.82, 2.24) is 4.98 Å². The number of furan rings is 1. The normalized spacial score (nSPS) is 10.8. The maximum absolute atomic E-state index is 11.4. The summed E-state index contributed by atoms with van der Waals surface area (Å²) in [5.74, 6) is 1.18. The summed E-state index contributed by atoms with van der Waals surface area (Å²) in [7, 11) is 2.85. The molecular weight excluding hydrogens is 382 g/mol. The Morgan fingerprint density at radius 2 is 2.14 bits per heavy atom. The van der Waals surface area contributed by atoms with E-state index in [-0.39, 0.29) is 12.4 Å². The number of nitrogens with one attached hydrogen (secondary N) is 1. The summed E-state index contributed by atoms with van der Waals surface area (Å²) < 4.78 is 21.1. The molecule has 28 heavy (non-hydrogen) atoms. The third-order valence-electron chi connectivity index (χ3n) is 3.60. The van der Waals surface area contributed by atoms with Crippen molar-refractivity contribution in [2.45, 2.75) is 13.5 Å². The van der Waals surface area contributed by atoms with E-state index < -0.39 is 5.97 Å². The molecule has 0 aliphatic rings. The van der Waals surface area contributed by atoms with Gasteiger partial charge in [-0.25, -0.2) is 9.78 Å². The van der Waals surface area contributed by atoms with Gasteiger partial charge in [-0.1, -0.05) is 0 Å². The first-order valence-electron chi connectivity index (χ1n) is 8.28. The lowest BCUT2D eigenvalue weighted by atomic mass is 10.2. The average Bonchev–Trinajstić information content (AvgIpc) is 3.35. The van der Waals surface area contributed by atoms with Crippen LogP contribution in [0.2, 0.25) is 0 Å². The molecular formula is C19H19N3O5S. The predicted molar refractivity (Wildman–Crippen MR) is 105 cm³/mol.